The van der Waals surface area contributed by atoms with Gasteiger partial charge in [0.1, 0.15) is 73.2 Å². The van der Waals surface area contributed by atoms with Crippen LogP contribution in [0.15, 0.2) is 36.5 Å². The van der Waals surface area contributed by atoms with Crippen LogP contribution in [0.2, 0.25) is 0 Å². The first-order valence-electron chi connectivity index (χ1n) is 31.7. The van der Waals surface area contributed by atoms with Crippen LogP contribution in [-0.2, 0) is 33.2 Å². The highest BCUT2D eigenvalue weighted by Crippen LogP contribution is 2.33. The molecule has 3 rings (SSSR count). The van der Waals surface area contributed by atoms with Crippen LogP contribution in [-0.4, -0.2) is 193 Å². The van der Waals surface area contributed by atoms with Gasteiger partial charge in [-0.1, -0.05) is 198 Å². The number of hydrogen-bond donors (Lipinski definition) is 12. The standard InChI is InChI=1S/C62H113NO18/c1-3-5-7-9-11-13-15-16-17-18-19-20-21-22-23-24-25-26-27-28-30-32-34-36-38-40-50(68)63-45(46(67)39-37-35-33-31-29-14-12-10-8-6-4-2)44-76-60-56(74)53(71)58(48(42-65)78-60)81-62-57(75)54(72)59(49(43-66)79-62)80-61-55(73)52(70)51(69)47(41-64)77-61/h15-16,18-19,37,39,45-49,51-62,64-67,69-75H,3-14,17,20-36,38,40-44H2,1-2H3,(H,63,68)/b16-15-,19-18-,39-37+. The lowest BCUT2D eigenvalue weighted by Crippen LogP contribution is -2.66. The molecule has 3 heterocycles. The predicted molar refractivity (Wildman–Crippen MR) is 309 cm³/mol. The van der Waals surface area contributed by atoms with Gasteiger partial charge in [-0.25, -0.2) is 0 Å². The molecule has 0 radical (unpaired) electrons. The zero-order chi connectivity index (χ0) is 59.0. The van der Waals surface area contributed by atoms with Gasteiger partial charge in [0.25, 0.3) is 0 Å². The molecule has 19 nitrogen and oxygen atoms in total. The first-order chi connectivity index (χ1) is 39.3. The summed E-state index contributed by atoms with van der Waals surface area (Å²) in [4.78, 5) is 13.3. The number of ether oxygens (including phenoxy) is 6. The lowest BCUT2D eigenvalue weighted by molar-refractivity contribution is -0.379. The second-order valence-electron chi connectivity index (χ2n) is 22.9. The molecule has 17 unspecified atom stereocenters. The third kappa shape index (κ3) is 28.8. The number of rotatable bonds is 47. The van der Waals surface area contributed by atoms with Crippen molar-refractivity contribution in [2.24, 2.45) is 0 Å². The summed E-state index contributed by atoms with van der Waals surface area (Å²) in [5, 5.41) is 120. The minimum absolute atomic E-state index is 0.243. The molecule has 0 saturated carbocycles. The van der Waals surface area contributed by atoms with E-state index < -0.39 is 124 Å². The van der Waals surface area contributed by atoms with E-state index in [1.165, 1.54) is 141 Å². The molecule has 17 atom stereocenters. The molecule has 0 aromatic carbocycles. The number of allylic oxidation sites excluding steroid dienone is 5. The molecule has 474 valence electrons. The maximum Gasteiger partial charge on any atom is 0.220 e. The van der Waals surface area contributed by atoms with Crippen molar-refractivity contribution in [2.45, 2.75) is 324 Å². The van der Waals surface area contributed by atoms with E-state index in [9.17, 15) is 61.0 Å². The first kappa shape index (κ1) is 73.3. The monoisotopic (exact) mass is 1160 g/mol. The van der Waals surface area contributed by atoms with Gasteiger partial charge in [0.15, 0.2) is 18.9 Å². The molecule has 0 bridgehead atoms. The summed E-state index contributed by atoms with van der Waals surface area (Å²) in [5.41, 5.74) is 0. The Hall–Kier alpha value is -1.99. The number of nitrogens with one attached hydrogen (secondary N) is 1. The van der Waals surface area contributed by atoms with Crippen molar-refractivity contribution in [2.75, 3.05) is 26.4 Å². The Kier molecular flexibility index (Phi) is 41.0. The number of unbranched alkanes of at least 4 members (excludes halogenated alkanes) is 27. The van der Waals surface area contributed by atoms with Gasteiger partial charge >= 0.3 is 0 Å². The van der Waals surface area contributed by atoms with Crippen molar-refractivity contribution < 1.29 is 89.4 Å². The molecule has 19 heteroatoms. The van der Waals surface area contributed by atoms with Crippen LogP contribution in [0.4, 0.5) is 0 Å². The lowest BCUT2D eigenvalue weighted by atomic mass is 9.96. The molecular weight excluding hydrogens is 1050 g/mol. The first-order valence-corrected chi connectivity index (χ1v) is 31.7. The fraction of sp³-hybridized carbons (Fsp3) is 0.887. The number of carbonyl (C=O) groups excluding carboxylic acids is 1. The molecule has 0 aromatic rings. The molecule has 3 aliphatic heterocycles. The number of carbonyl (C=O) groups is 1. The van der Waals surface area contributed by atoms with Crippen LogP contribution >= 0.6 is 0 Å². The quantitative estimate of drug-likeness (QED) is 0.0229. The van der Waals surface area contributed by atoms with Gasteiger partial charge < -0.3 is 89.9 Å². The summed E-state index contributed by atoms with van der Waals surface area (Å²) >= 11 is 0. The molecule has 0 aliphatic carbocycles. The Morgan fingerprint density at radius 3 is 1.26 bits per heavy atom. The van der Waals surface area contributed by atoms with E-state index >= 15 is 0 Å². The summed E-state index contributed by atoms with van der Waals surface area (Å²) < 4.78 is 34.2. The molecule has 3 fully saturated rings. The number of hydrogen-bond acceptors (Lipinski definition) is 18. The predicted octanol–water partition coefficient (Wildman–Crippen LogP) is 6.49. The lowest BCUT2D eigenvalue weighted by Gasteiger charge is -2.48. The summed E-state index contributed by atoms with van der Waals surface area (Å²) in [6.07, 6.45) is 22.8. The SMILES string of the molecule is CCCCCCC/C=C\C/C=C\CCCCCCCCCCCCCCCC(=O)NC(COC1OC(CO)C(OC2OC(CO)C(OC3OC(CO)C(O)C(O)C3O)C(O)C2O)C(O)C1O)C(O)/C=C/CCCCCCCCCCC. The van der Waals surface area contributed by atoms with Crippen LogP contribution in [0.1, 0.15) is 219 Å². The topological polar surface area (TPSA) is 307 Å². The van der Waals surface area contributed by atoms with Crippen LogP contribution in [0.25, 0.3) is 0 Å². The summed E-state index contributed by atoms with van der Waals surface area (Å²) in [6, 6.07) is -0.971. The maximum atomic E-state index is 13.3. The van der Waals surface area contributed by atoms with Crippen LogP contribution < -0.4 is 5.32 Å². The van der Waals surface area contributed by atoms with Crippen molar-refractivity contribution in [3.05, 3.63) is 36.5 Å². The van der Waals surface area contributed by atoms with Crippen molar-refractivity contribution in [1.29, 1.82) is 0 Å². The molecule has 3 saturated heterocycles. The van der Waals surface area contributed by atoms with Gasteiger partial charge in [-0.2, -0.15) is 0 Å². The van der Waals surface area contributed by atoms with E-state index in [1.54, 1.807) is 6.08 Å². The fourth-order valence-electron chi connectivity index (χ4n) is 10.7. The fourth-order valence-corrected chi connectivity index (χ4v) is 10.7. The highest BCUT2D eigenvalue weighted by molar-refractivity contribution is 5.76. The van der Waals surface area contributed by atoms with Crippen molar-refractivity contribution in [3.8, 4) is 0 Å². The number of aliphatic hydroxyl groups excluding tert-OH is 11. The second-order valence-corrected chi connectivity index (χ2v) is 22.9. The van der Waals surface area contributed by atoms with Crippen LogP contribution in [0.3, 0.4) is 0 Å². The molecule has 0 aromatic heterocycles. The largest absolute Gasteiger partial charge is 0.394 e. The van der Waals surface area contributed by atoms with Crippen LogP contribution in [0, 0.1) is 0 Å². The number of amides is 1. The van der Waals surface area contributed by atoms with Gasteiger partial charge in [-0.15, -0.1) is 0 Å². The van der Waals surface area contributed by atoms with Crippen molar-refractivity contribution in [3.63, 3.8) is 0 Å². The Morgan fingerprint density at radius 2 is 0.815 bits per heavy atom. The Morgan fingerprint density at radius 1 is 0.444 bits per heavy atom. The summed E-state index contributed by atoms with van der Waals surface area (Å²) in [6.45, 7) is 1.69. The average molecular weight is 1160 g/mol. The molecule has 81 heavy (non-hydrogen) atoms. The minimum Gasteiger partial charge on any atom is -0.394 e. The third-order valence-corrected chi connectivity index (χ3v) is 15.9. The molecule has 0 spiro atoms. The van der Waals surface area contributed by atoms with Gasteiger partial charge in [-0.05, 0) is 51.4 Å². The molecular formula is C62H113NO18. The van der Waals surface area contributed by atoms with Gasteiger partial charge in [-0.3, -0.25) is 4.79 Å². The molecule has 12 N–H and O–H groups in total. The van der Waals surface area contributed by atoms with E-state index in [-0.39, 0.29) is 18.9 Å². The van der Waals surface area contributed by atoms with E-state index in [1.807, 2.05) is 6.08 Å². The maximum absolute atomic E-state index is 13.3. The molecule has 1 amide bonds. The van der Waals surface area contributed by atoms with Gasteiger partial charge in [0.2, 0.25) is 5.91 Å². The normalized spacial score (nSPS) is 30.0. The molecule has 3 aliphatic rings. The second kappa shape index (κ2) is 45.3. The minimum atomic E-state index is -1.98. The van der Waals surface area contributed by atoms with E-state index in [4.69, 9.17) is 28.4 Å². The smallest absolute Gasteiger partial charge is 0.220 e. The number of aliphatic hydroxyl groups is 11. The Labute approximate surface area is 485 Å². The zero-order valence-electron chi connectivity index (χ0n) is 49.5. The Balaban J connectivity index is 1.43. The summed E-state index contributed by atoms with van der Waals surface area (Å²) in [5.74, 6) is -0.278. The highest BCUT2D eigenvalue weighted by atomic mass is 16.8. The van der Waals surface area contributed by atoms with Crippen LogP contribution in [0.5, 0.6) is 0 Å². The van der Waals surface area contributed by atoms with E-state index in [2.05, 4.69) is 43.5 Å². The van der Waals surface area contributed by atoms with Gasteiger partial charge in [0.05, 0.1) is 38.6 Å². The van der Waals surface area contributed by atoms with Gasteiger partial charge in [0, 0.05) is 6.42 Å². The summed E-state index contributed by atoms with van der Waals surface area (Å²) in [7, 11) is 0. The Bertz CT molecular complexity index is 1620. The van der Waals surface area contributed by atoms with E-state index in [0.29, 0.717) is 6.42 Å². The van der Waals surface area contributed by atoms with Crippen molar-refractivity contribution >= 4 is 5.91 Å². The zero-order valence-corrected chi connectivity index (χ0v) is 49.5. The third-order valence-electron chi connectivity index (χ3n) is 15.9. The van der Waals surface area contributed by atoms with E-state index in [0.717, 1.165) is 51.4 Å². The average Bonchev–Trinajstić information content (AvgIpc) is 3.51. The van der Waals surface area contributed by atoms with Crippen molar-refractivity contribution in [1.82, 2.24) is 5.32 Å². The highest BCUT2D eigenvalue weighted by Gasteiger charge is 2.53.